The highest BCUT2D eigenvalue weighted by Crippen LogP contribution is 2.29. The first-order chi connectivity index (χ1) is 10.2. The highest BCUT2D eigenvalue weighted by molar-refractivity contribution is 7.89. The van der Waals surface area contributed by atoms with Crippen LogP contribution >= 0.6 is 12.2 Å². The lowest BCUT2D eigenvalue weighted by atomic mass is 10.3. The molecule has 0 amide bonds. The van der Waals surface area contributed by atoms with E-state index < -0.39 is 10.0 Å². The van der Waals surface area contributed by atoms with E-state index in [-0.39, 0.29) is 10.9 Å². The largest absolute Gasteiger partial charge is 0.492 e. The van der Waals surface area contributed by atoms with Crippen LogP contribution in [-0.2, 0) is 10.0 Å². The number of hydrogen-bond donors (Lipinski definition) is 2. The molecule has 0 heterocycles. The van der Waals surface area contributed by atoms with Crippen molar-refractivity contribution in [2.24, 2.45) is 0 Å². The average molecular weight is 345 g/mol. The summed E-state index contributed by atoms with van der Waals surface area (Å²) in [6.07, 6.45) is 0. The van der Waals surface area contributed by atoms with E-state index in [1.807, 2.05) is 13.8 Å². The van der Waals surface area contributed by atoms with Crippen molar-refractivity contribution in [1.82, 2.24) is 9.62 Å². The summed E-state index contributed by atoms with van der Waals surface area (Å²) in [4.78, 5) is 0.108. The summed E-state index contributed by atoms with van der Waals surface area (Å²) in [6.45, 7) is 6.12. The smallest absolute Gasteiger partial charge is 0.246 e. The lowest BCUT2D eigenvalue weighted by Crippen LogP contribution is -2.34. The summed E-state index contributed by atoms with van der Waals surface area (Å²) >= 11 is 5.17. The Balaban J connectivity index is 3.17. The van der Waals surface area contributed by atoms with Crippen molar-refractivity contribution in [1.29, 1.82) is 0 Å². The molecule has 0 radical (unpaired) electrons. The van der Waals surface area contributed by atoms with Gasteiger partial charge in [0.2, 0.25) is 10.0 Å². The molecule has 0 aliphatic rings. The standard InChI is InChI=1S/C14H23N3O3S2/c1-6-20-12-8-7-11(16-14(21)15-10(2)3)9-13(12)22(18,19)17(4)5/h7-10H,6H2,1-5H3,(H2,15,16,21). The molecular formula is C14H23N3O3S2. The summed E-state index contributed by atoms with van der Waals surface area (Å²) in [5.74, 6) is 0.324. The first-order valence-corrected chi connectivity index (χ1v) is 8.80. The van der Waals surface area contributed by atoms with Crippen LogP contribution in [0.15, 0.2) is 23.1 Å². The van der Waals surface area contributed by atoms with Gasteiger partial charge >= 0.3 is 0 Å². The van der Waals surface area contributed by atoms with Gasteiger partial charge in [0.05, 0.1) is 6.61 Å². The maximum atomic E-state index is 12.4. The van der Waals surface area contributed by atoms with Crippen LogP contribution < -0.4 is 15.4 Å². The van der Waals surface area contributed by atoms with Gasteiger partial charge in [-0.2, -0.15) is 0 Å². The molecule has 0 atom stereocenters. The molecule has 1 aromatic carbocycles. The van der Waals surface area contributed by atoms with Crippen molar-refractivity contribution in [2.45, 2.75) is 31.7 Å². The first kappa shape index (κ1) is 18.7. The number of nitrogens with zero attached hydrogens (tertiary/aromatic N) is 1. The van der Waals surface area contributed by atoms with Crippen molar-refractivity contribution < 1.29 is 13.2 Å². The Kier molecular flexibility index (Phi) is 6.58. The highest BCUT2D eigenvalue weighted by Gasteiger charge is 2.23. The summed E-state index contributed by atoms with van der Waals surface area (Å²) in [5.41, 5.74) is 0.585. The molecule has 1 aromatic rings. The van der Waals surface area contributed by atoms with E-state index in [0.29, 0.717) is 23.2 Å². The minimum atomic E-state index is -3.61. The second kappa shape index (κ2) is 7.75. The second-order valence-electron chi connectivity index (χ2n) is 5.14. The Morgan fingerprint density at radius 1 is 1.36 bits per heavy atom. The molecule has 0 fully saturated rings. The molecule has 0 saturated carbocycles. The Hall–Kier alpha value is -1.38. The van der Waals surface area contributed by atoms with Crippen molar-refractivity contribution in [3.63, 3.8) is 0 Å². The van der Waals surface area contributed by atoms with E-state index in [4.69, 9.17) is 17.0 Å². The van der Waals surface area contributed by atoms with Gasteiger partial charge < -0.3 is 15.4 Å². The normalized spacial score (nSPS) is 11.6. The van der Waals surface area contributed by atoms with Gasteiger partial charge in [-0.1, -0.05) is 0 Å². The van der Waals surface area contributed by atoms with Gasteiger partial charge in [0.1, 0.15) is 10.6 Å². The van der Waals surface area contributed by atoms with E-state index >= 15 is 0 Å². The molecule has 124 valence electrons. The predicted octanol–water partition coefficient (Wildman–Crippen LogP) is 2.03. The Bertz CT molecular complexity index is 628. The van der Waals surface area contributed by atoms with Crippen molar-refractivity contribution in [3.8, 4) is 5.75 Å². The van der Waals surface area contributed by atoms with Crippen LogP contribution in [0.25, 0.3) is 0 Å². The third-order valence-electron chi connectivity index (χ3n) is 2.68. The van der Waals surface area contributed by atoms with Crippen LogP contribution in [0.4, 0.5) is 5.69 Å². The number of thiocarbonyl (C=S) groups is 1. The van der Waals surface area contributed by atoms with E-state index in [2.05, 4.69) is 10.6 Å². The topological polar surface area (TPSA) is 70.7 Å². The van der Waals surface area contributed by atoms with Crippen molar-refractivity contribution >= 4 is 33.0 Å². The van der Waals surface area contributed by atoms with Crippen molar-refractivity contribution in [2.75, 3.05) is 26.0 Å². The maximum Gasteiger partial charge on any atom is 0.246 e. The molecule has 1 rings (SSSR count). The van der Waals surface area contributed by atoms with E-state index in [9.17, 15) is 8.42 Å². The van der Waals surface area contributed by atoms with Gasteiger partial charge in [0, 0.05) is 25.8 Å². The Morgan fingerprint density at radius 3 is 2.50 bits per heavy atom. The van der Waals surface area contributed by atoms with E-state index in [1.165, 1.54) is 20.2 Å². The SMILES string of the molecule is CCOc1ccc(NC(=S)NC(C)C)cc1S(=O)(=O)N(C)C. The molecule has 22 heavy (non-hydrogen) atoms. The Labute approximate surface area is 137 Å². The highest BCUT2D eigenvalue weighted by atomic mass is 32.2. The fourth-order valence-electron chi connectivity index (χ4n) is 1.69. The fraction of sp³-hybridized carbons (Fsp3) is 0.500. The predicted molar refractivity (Wildman–Crippen MR) is 93.0 cm³/mol. The van der Waals surface area contributed by atoms with Gasteiger partial charge in [-0.25, -0.2) is 12.7 Å². The van der Waals surface area contributed by atoms with E-state index in [0.717, 1.165) is 4.31 Å². The molecule has 0 bridgehead atoms. The number of benzene rings is 1. The number of sulfonamides is 1. The molecule has 6 nitrogen and oxygen atoms in total. The van der Waals surface area contributed by atoms with E-state index in [1.54, 1.807) is 19.1 Å². The van der Waals surface area contributed by atoms with Gasteiger partial charge in [-0.05, 0) is 51.2 Å². The molecule has 0 aliphatic carbocycles. The third-order valence-corrected chi connectivity index (χ3v) is 4.74. The minimum absolute atomic E-state index is 0.108. The number of anilines is 1. The number of ether oxygens (including phenoxy) is 1. The summed E-state index contributed by atoms with van der Waals surface area (Å²) in [5, 5.41) is 6.45. The van der Waals surface area contributed by atoms with Crippen LogP contribution in [-0.4, -0.2) is 44.6 Å². The molecule has 2 N–H and O–H groups in total. The van der Waals surface area contributed by atoms with Crippen LogP contribution in [0.3, 0.4) is 0 Å². The molecule has 0 saturated heterocycles. The van der Waals surface area contributed by atoms with Crippen LogP contribution in [0.2, 0.25) is 0 Å². The minimum Gasteiger partial charge on any atom is -0.492 e. The fourth-order valence-corrected chi connectivity index (χ4v) is 3.09. The van der Waals surface area contributed by atoms with Gasteiger partial charge in [0.25, 0.3) is 0 Å². The quantitative estimate of drug-likeness (QED) is 0.769. The first-order valence-electron chi connectivity index (χ1n) is 6.95. The zero-order valence-corrected chi connectivity index (χ0v) is 15.1. The Morgan fingerprint density at radius 2 is 2.00 bits per heavy atom. The van der Waals surface area contributed by atoms with Gasteiger partial charge in [0.15, 0.2) is 5.11 Å². The van der Waals surface area contributed by atoms with Crippen molar-refractivity contribution in [3.05, 3.63) is 18.2 Å². The molecule has 0 aliphatic heterocycles. The zero-order valence-electron chi connectivity index (χ0n) is 13.5. The second-order valence-corrected chi connectivity index (χ2v) is 7.66. The van der Waals surface area contributed by atoms with Crippen LogP contribution in [0, 0.1) is 0 Å². The molecular weight excluding hydrogens is 322 g/mol. The molecule has 0 unspecified atom stereocenters. The lowest BCUT2D eigenvalue weighted by molar-refractivity contribution is 0.330. The molecule has 0 aromatic heterocycles. The lowest BCUT2D eigenvalue weighted by Gasteiger charge is -2.18. The summed E-state index contributed by atoms with van der Waals surface area (Å²) in [7, 11) is -0.642. The summed E-state index contributed by atoms with van der Waals surface area (Å²) in [6, 6.07) is 5.07. The zero-order chi connectivity index (χ0) is 16.9. The summed E-state index contributed by atoms with van der Waals surface area (Å²) < 4.78 is 31.4. The van der Waals surface area contributed by atoms with Gasteiger partial charge in [-0.15, -0.1) is 0 Å². The van der Waals surface area contributed by atoms with Crippen LogP contribution in [0.5, 0.6) is 5.75 Å². The molecule has 8 heteroatoms. The number of rotatable bonds is 6. The average Bonchev–Trinajstić information content (AvgIpc) is 2.39. The number of hydrogen-bond acceptors (Lipinski definition) is 4. The third kappa shape index (κ3) is 4.82. The maximum absolute atomic E-state index is 12.4. The molecule has 0 spiro atoms. The monoisotopic (exact) mass is 345 g/mol. The van der Waals surface area contributed by atoms with Gasteiger partial charge in [-0.3, -0.25) is 0 Å². The van der Waals surface area contributed by atoms with Crippen LogP contribution in [0.1, 0.15) is 20.8 Å². The number of nitrogens with one attached hydrogen (secondary N) is 2.